The molecule has 4 N–H and O–H groups in total. The van der Waals surface area contributed by atoms with Crippen molar-refractivity contribution >= 4 is 24.8 Å². The standard InChI is InChI=1S/C15H19FN4O.2ClH/c16-11-5-3-10(4-6-11)12(9-17)13-19-14(20-21-13)15(18)7-1-2-8-15;;/h3-6,12H,1-2,7-9,17-18H2;2*1H. The summed E-state index contributed by atoms with van der Waals surface area (Å²) in [5.74, 6) is 0.468. The van der Waals surface area contributed by atoms with Crippen LogP contribution in [0.25, 0.3) is 0 Å². The van der Waals surface area contributed by atoms with Gasteiger partial charge in [0.1, 0.15) is 5.82 Å². The normalized spacial score (nSPS) is 17.2. The van der Waals surface area contributed by atoms with Crippen LogP contribution in [0.3, 0.4) is 0 Å². The van der Waals surface area contributed by atoms with E-state index in [0.29, 0.717) is 18.3 Å². The van der Waals surface area contributed by atoms with Crippen LogP contribution in [0.2, 0.25) is 0 Å². The van der Waals surface area contributed by atoms with Crippen molar-refractivity contribution in [3.63, 3.8) is 0 Å². The van der Waals surface area contributed by atoms with Crippen LogP contribution < -0.4 is 11.5 Å². The van der Waals surface area contributed by atoms with Crippen molar-refractivity contribution in [3.05, 3.63) is 47.4 Å². The Balaban J connectivity index is 0.00000132. The van der Waals surface area contributed by atoms with Gasteiger partial charge < -0.3 is 16.0 Å². The Morgan fingerprint density at radius 2 is 1.78 bits per heavy atom. The van der Waals surface area contributed by atoms with Gasteiger partial charge >= 0.3 is 0 Å². The Bertz CT molecular complexity index is 614. The fourth-order valence-corrected chi connectivity index (χ4v) is 2.88. The first-order valence-corrected chi connectivity index (χ1v) is 7.21. The lowest BCUT2D eigenvalue weighted by atomic mass is 9.97. The number of nitrogens with zero attached hydrogens (tertiary/aromatic N) is 2. The molecule has 0 spiro atoms. The van der Waals surface area contributed by atoms with Crippen molar-refractivity contribution in [1.29, 1.82) is 0 Å². The van der Waals surface area contributed by atoms with E-state index in [4.69, 9.17) is 16.0 Å². The Hall–Kier alpha value is -1.21. The molecule has 1 aliphatic rings. The summed E-state index contributed by atoms with van der Waals surface area (Å²) >= 11 is 0. The lowest BCUT2D eigenvalue weighted by molar-refractivity contribution is 0.342. The number of hydrogen-bond donors (Lipinski definition) is 2. The second-order valence-corrected chi connectivity index (χ2v) is 5.66. The molecule has 3 rings (SSSR count). The SMILES string of the molecule is Cl.Cl.NCC(c1ccc(F)cc1)c1nc(C2(N)CCCC2)no1. The average molecular weight is 363 g/mol. The van der Waals surface area contributed by atoms with Gasteiger partial charge in [0.05, 0.1) is 11.5 Å². The number of rotatable bonds is 4. The summed E-state index contributed by atoms with van der Waals surface area (Å²) in [4.78, 5) is 4.46. The first kappa shape index (κ1) is 19.8. The second kappa shape index (κ2) is 8.06. The van der Waals surface area contributed by atoms with Gasteiger partial charge in [-0.15, -0.1) is 24.8 Å². The predicted molar refractivity (Wildman–Crippen MR) is 90.4 cm³/mol. The predicted octanol–water partition coefficient (Wildman–Crippen LogP) is 2.87. The van der Waals surface area contributed by atoms with E-state index in [0.717, 1.165) is 31.2 Å². The molecule has 0 saturated heterocycles. The highest BCUT2D eigenvalue weighted by Crippen LogP contribution is 2.35. The summed E-state index contributed by atoms with van der Waals surface area (Å²) in [6, 6.07) is 6.17. The molecule has 8 heteroatoms. The summed E-state index contributed by atoms with van der Waals surface area (Å²) in [7, 11) is 0. The van der Waals surface area contributed by atoms with E-state index in [9.17, 15) is 4.39 Å². The van der Waals surface area contributed by atoms with Crippen LogP contribution in [0.5, 0.6) is 0 Å². The van der Waals surface area contributed by atoms with E-state index in [1.165, 1.54) is 12.1 Å². The fourth-order valence-electron chi connectivity index (χ4n) is 2.88. The molecule has 1 heterocycles. The molecule has 1 unspecified atom stereocenters. The van der Waals surface area contributed by atoms with Crippen LogP contribution in [0.4, 0.5) is 4.39 Å². The fraction of sp³-hybridized carbons (Fsp3) is 0.467. The summed E-state index contributed by atoms with van der Waals surface area (Å²) in [6.07, 6.45) is 3.91. The third kappa shape index (κ3) is 4.01. The lowest BCUT2D eigenvalue weighted by Crippen LogP contribution is -2.34. The van der Waals surface area contributed by atoms with Gasteiger partial charge in [0.25, 0.3) is 0 Å². The highest BCUT2D eigenvalue weighted by atomic mass is 35.5. The molecule has 0 aliphatic heterocycles. The third-order valence-electron chi connectivity index (χ3n) is 4.19. The minimum Gasteiger partial charge on any atom is -0.339 e. The molecule has 0 bridgehead atoms. The van der Waals surface area contributed by atoms with Crippen LogP contribution in [0, 0.1) is 5.82 Å². The van der Waals surface area contributed by atoms with Crippen LogP contribution in [0.15, 0.2) is 28.8 Å². The highest BCUT2D eigenvalue weighted by molar-refractivity contribution is 5.85. The molecule has 1 aromatic heterocycles. The van der Waals surface area contributed by atoms with E-state index in [-0.39, 0.29) is 36.5 Å². The van der Waals surface area contributed by atoms with E-state index < -0.39 is 5.54 Å². The number of aromatic nitrogens is 2. The minimum atomic E-state index is -0.482. The molecule has 1 aliphatic carbocycles. The number of hydrogen-bond acceptors (Lipinski definition) is 5. The molecular weight excluding hydrogens is 342 g/mol. The quantitative estimate of drug-likeness (QED) is 0.872. The first-order chi connectivity index (χ1) is 10.1. The van der Waals surface area contributed by atoms with Gasteiger partial charge in [0.15, 0.2) is 5.82 Å². The number of nitrogens with two attached hydrogens (primary N) is 2. The molecule has 2 aromatic rings. The van der Waals surface area contributed by atoms with Crippen LogP contribution in [0.1, 0.15) is 48.9 Å². The van der Waals surface area contributed by atoms with E-state index in [1.54, 1.807) is 12.1 Å². The summed E-state index contributed by atoms with van der Waals surface area (Å²) in [5.41, 5.74) is 12.5. The third-order valence-corrected chi connectivity index (χ3v) is 4.19. The molecule has 5 nitrogen and oxygen atoms in total. The Morgan fingerprint density at radius 1 is 1.17 bits per heavy atom. The van der Waals surface area contributed by atoms with Crippen LogP contribution in [-0.4, -0.2) is 16.7 Å². The summed E-state index contributed by atoms with van der Waals surface area (Å²) < 4.78 is 18.4. The first-order valence-electron chi connectivity index (χ1n) is 7.21. The number of halogens is 3. The maximum Gasteiger partial charge on any atom is 0.235 e. The molecular formula is C15H21Cl2FN4O. The molecule has 0 amide bonds. The summed E-state index contributed by atoms with van der Waals surface area (Å²) in [6.45, 7) is 0.310. The van der Waals surface area contributed by atoms with Gasteiger partial charge in [-0.05, 0) is 30.5 Å². The zero-order valence-corrected chi connectivity index (χ0v) is 14.2. The smallest absolute Gasteiger partial charge is 0.235 e. The van der Waals surface area contributed by atoms with Crippen molar-refractivity contribution in [2.24, 2.45) is 11.5 Å². The molecule has 128 valence electrons. The van der Waals surface area contributed by atoms with Gasteiger partial charge in [-0.1, -0.05) is 30.1 Å². The molecule has 1 fully saturated rings. The lowest BCUT2D eigenvalue weighted by Gasteiger charge is -2.18. The van der Waals surface area contributed by atoms with Crippen molar-refractivity contribution < 1.29 is 8.91 Å². The van der Waals surface area contributed by atoms with Crippen molar-refractivity contribution in [2.75, 3.05) is 6.54 Å². The monoisotopic (exact) mass is 362 g/mol. The molecule has 1 aromatic carbocycles. The van der Waals surface area contributed by atoms with Gasteiger partial charge in [-0.2, -0.15) is 4.98 Å². The van der Waals surface area contributed by atoms with E-state index >= 15 is 0 Å². The van der Waals surface area contributed by atoms with E-state index in [2.05, 4.69) is 10.1 Å². The molecule has 1 atom stereocenters. The van der Waals surface area contributed by atoms with Gasteiger partial charge in [0, 0.05) is 6.54 Å². The molecule has 0 radical (unpaired) electrons. The van der Waals surface area contributed by atoms with Gasteiger partial charge in [-0.25, -0.2) is 4.39 Å². The molecule has 1 saturated carbocycles. The minimum absolute atomic E-state index is 0. The summed E-state index contributed by atoms with van der Waals surface area (Å²) in [5, 5.41) is 4.04. The van der Waals surface area contributed by atoms with Crippen molar-refractivity contribution in [1.82, 2.24) is 10.1 Å². The molecule has 23 heavy (non-hydrogen) atoms. The maximum atomic E-state index is 13.0. The van der Waals surface area contributed by atoms with Gasteiger partial charge in [-0.3, -0.25) is 0 Å². The highest BCUT2D eigenvalue weighted by Gasteiger charge is 2.36. The largest absolute Gasteiger partial charge is 0.339 e. The Labute approximate surface area is 146 Å². The topological polar surface area (TPSA) is 91.0 Å². The van der Waals surface area contributed by atoms with Crippen molar-refractivity contribution in [2.45, 2.75) is 37.1 Å². The van der Waals surface area contributed by atoms with Crippen LogP contribution >= 0.6 is 24.8 Å². The average Bonchev–Trinajstić information content (AvgIpc) is 3.12. The Morgan fingerprint density at radius 3 is 2.35 bits per heavy atom. The van der Waals surface area contributed by atoms with Crippen LogP contribution in [-0.2, 0) is 5.54 Å². The number of benzene rings is 1. The Kier molecular flexibility index (Phi) is 6.95. The van der Waals surface area contributed by atoms with Gasteiger partial charge in [0.2, 0.25) is 5.89 Å². The zero-order chi connectivity index (χ0) is 14.9. The van der Waals surface area contributed by atoms with Crippen molar-refractivity contribution in [3.8, 4) is 0 Å². The zero-order valence-electron chi connectivity index (χ0n) is 12.6. The maximum absolute atomic E-state index is 13.0. The second-order valence-electron chi connectivity index (χ2n) is 5.66. The van der Waals surface area contributed by atoms with E-state index in [1.807, 2.05) is 0 Å².